The van der Waals surface area contributed by atoms with Gasteiger partial charge in [-0.05, 0) is 38.1 Å². The van der Waals surface area contributed by atoms with E-state index in [0.29, 0.717) is 17.1 Å². The molecule has 2 N–H and O–H groups in total. The van der Waals surface area contributed by atoms with Crippen molar-refractivity contribution < 1.29 is 9.47 Å². The molecule has 2 aromatic rings. The zero-order valence-corrected chi connectivity index (χ0v) is 13.4. The quantitative estimate of drug-likeness (QED) is 0.921. The van der Waals surface area contributed by atoms with Gasteiger partial charge in [0.15, 0.2) is 0 Å². The highest BCUT2D eigenvalue weighted by Crippen LogP contribution is 2.30. The SMILES string of the molecule is COc1ccc(OC)c(C(N)c2cccn(C(C)C)c2=O)c1. The van der Waals surface area contributed by atoms with Gasteiger partial charge in [-0.2, -0.15) is 0 Å². The summed E-state index contributed by atoms with van der Waals surface area (Å²) < 4.78 is 12.3. The summed E-state index contributed by atoms with van der Waals surface area (Å²) >= 11 is 0. The number of hydrogen-bond donors (Lipinski definition) is 1. The fourth-order valence-electron chi connectivity index (χ4n) is 2.42. The third-order valence-electron chi connectivity index (χ3n) is 3.67. The molecule has 1 unspecified atom stereocenters. The molecule has 0 saturated carbocycles. The molecular weight excluding hydrogens is 280 g/mol. The first kappa shape index (κ1) is 16.1. The first-order valence-electron chi connectivity index (χ1n) is 7.18. The molecule has 1 aromatic heterocycles. The second-order valence-corrected chi connectivity index (χ2v) is 5.36. The average Bonchev–Trinajstić information content (AvgIpc) is 2.53. The Kier molecular flexibility index (Phi) is 4.88. The molecule has 0 radical (unpaired) electrons. The fraction of sp³-hybridized carbons (Fsp3) is 0.353. The van der Waals surface area contributed by atoms with Crippen LogP contribution < -0.4 is 20.8 Å². The molecule has 5 heteroatoms. The van der Waals surface area contributed by atoms with E-state index in [9.17, 15) is 4.79 Å². The Balaban J connectivity index is 2.55. The summed E-state index contributed by atoms with van der Waals surface area (Å²) in [5.74, 6) is 1.30. The number of pyridine rings is 1. The molecule has 0 aliphatic heterocycles. The Labute approximate surface area is 130 Å². The lowest BCUT2D eigenvalue weighted by molar-refractivity contribution is 0.397. The molecule has 5 nitrogen and oxygen atoms in total. The average molecular weight is 302 g/mol. The van der Waals surface area contributed by atoms with Gasteiger partial charge in [-0.1, -0.05) is 6.07 Å². The zero-order valence-electron chi connectivity index (χ0n) is 13.4. The first-order chi connectivity index (χ1) is 10.5. The van der Waals surface area contributed by atoms with Crippen molar-refractivity contribution in [2.24, 2.45) is 5.73 Å². The van der Waals surface area contributed by atoms with Crippen LogP contribution in [0.3, 0.4) is 0 Å². The van der Waals surface area contributed by atoms with Crippen molar-refractivity contribution in [3.8, 4) is 11.5 Å². The van der Waals surface area contributed by atoms with Gasteiger partial charge in [-0.25, -0.2) is 0 Å². The van der Waals surface area contributed by atoms with Gasteiger partial charge in [0.2, 0.25) is 0 Å². The lowest BCUT2D eigenvalue weighted by Gasteiger charge is -2.18. The summed E-state index contributed by atoms with van der Waals surface area (Å²) in [6.45, 7) is 3.92. The number of rotatable bonds is 5. The predicted molar refractivity (Wildman–Crippen MR) is 86.7 cm³/mol. The maximum Gasteiger partial charge on any atom is 0.255 e. The Morgan fingerprint density at radius 3 is 2.41 bits per heavy atom. The third kappa shape index (κ3) is 2.99. The van der Waals surface area contributed by atoms with Gasteiger partial charge in [0, 0.05) is 23.4 Å². The Morgan fingerprint density at radius 1 is 1.09 bits per heavy atom. The molecule has 0 spiro atoms. The van der Waals surface area contributed by atoms with Gasteiger partial charge in [0.05, 0.1) is 20.3 Å². The molecule has 0 fully saturated rings. The first-order valence-corrected chi connectivity index (χ1v) is 7.18. The second kappa shape index (κ2) is 6.66. The molecule has 0 bridgehead atoms. The fourth-order valence-corrected chi connectivity index (χ4v) is 2.42. The molecule has 0 aliphatic rings. The number of ether oxygens (including phenoxy) is 2. The topological polar surface area (TPSA) is 66.5 Å². The van der Waals surface area contributed by atoms with E-state index in [4.69, 9.17) is 15.2 Å². The van der Waals surface area contributed by atoms with Crippen LogP contribution in [-0.4, -0.2) is 18.8 Å². The Morgan fingerprint density at radius 2 is 1.82 bits per heavy atom. The van der Waals surface area contributed by atoms with Crippen LogP contribution in [0, 0.1) is 0 Å². The van der Waals surface area contributed by atoms with Crippen LogP contribution in [0.5, 0.6) is 11.5 Å². The third-order valence-corrected chi connectivity index (χ3v) is 3.67. The molecule has 0 amide bonds. The van der Waals surface area contributed by atoms with Crippen molar-refractivity contribution in [1.82, 2.24) is 4.57 Å². The van der Waals surface area contributed by atoms with Crippen LogP contribution in [0.4, 0.5) is 0 Å². The number of aromatic nitrogens is 1. The molecular formula is C17H22N2O3. The maximum absolute atomic E-state index is 12.6. The lowest BCUT2D eigenvalue weighted by Crippen LogP contribution is -2.29. The molecule has 0 aliphatic carbocycles. The van der Waals surface area contributed by atoms with Gasteiger partial charge >= 0.3 is 0 Å². The Bertz CT molecular complexity index is 707. The summed E-state index contributed by atoms with van der Waals surface area (Å²) in [4.78, 5) is 12.6. The highest BCUT2D eigenvalue weighted by molar-refractivity contribution is 5.45. The van der Waals surface area contributed by atoms with Crippen LogP contribution in [-0.2, 0) is 0 Å². The van der Waals surface area contributed by atoms with Crippen LogP contribution in [0.15, 0.2) is 41.3 Å². The summed E-state index contributed by atoms with van der Waals surface area (Å²) in [6, 6.07) is 8.48. The van der Waals surface area contributed by atoms with Crippen LogP contribution in [0.1, 0.15) is 37.1 Å². The monoisotopic (exact) mass is 302 g/mol. The number of nitrogens with zero attached hydrogens (tertiary/aromatic N) is 1. The van der Waals surface area contributed by atoms with Gasteiger partial charge in [0.1, 0.15) is 11.5 Å². The molecule has 0 saturated heterocycles. The van der Waals surface area contributed by atoms with Gasteiger partial charge < -0.3 is 19.8 Å². The van der Waals surface area contributed by atoms with Crippen LogP contribution in [0.25, 0.3) is 0 Å². The molecule has 1 atom stereocenters. The largest absolute Gasteiger partial charge is 0.497 e. The van der Waals surface area contributed by atoms with Crippen molar-refractivity contribution in [3.05, 3.63) is 58.0 Å². The van der Waals surface area contributed by atoms with E-state index in [1.165, 1.54) is 0 Å². The molecule has 118 valence electrons. The molecule has 2 rings (SSSR count). The summed E-state index contributed by atoms with van der Waals surface area (Å²) in [7, 11) is 3.17. The summed E-state index contributed by atoms with van der Waals surface area (Å²) in [6.07, 6.45) is 1.77. The second-order valence-electron chi connectivity index (χ2n) is 5.36. The van der Waals surface area contributed by atoms with Crippen LogP contribution in [0.2, 0.25) is 0 Å². The predicted octanol–water partition coefficient (Wildman–Crippen LogP) is 2.49. The summed E-state index contributed by atoms with van der Waals surface area (Å²) in [5.41, 5.74) is 7.50. The van der Waals surface area contributed by atoms with E-state index >= 15 is 0 Å². The number of hydrogen-bond acceptors (Lipinski definition) is 4. The van der Waals surface area contributed by atoms with E-state index in [0.717, 1.165) is 5.56 Å². The van der Waals surface area contributed by atoms with Crippen molar-refractivity contribution in [3.63, 3.8) is 0 Å². The molecule has 1 heterocycles. The zero-order chi connectivity index (χ0) is 16.3. The van der Waals surface area contributed by atoms with Gasteiger partial charge in [-0.15, -0.1) is 0 Å². The van der Waals surface area contributed by atoms with E-state index < -0.39 is 6.04 Å². The normalized spacial score (nSPS) is 12.3. The molecule has 22 heavy (non-hydrogen) atoms. The minimum absolute atomic E-state index is 0.0758. The van der Waals surface area contributed by atoms with Crippen molar-refractivity contribution in [2.75, 3.05) is 14.2 Å². The smallest absolute Gasteiger partial charge is 0.255 e. The number of nitrogens with two attached hydrogens (primary N) is 1. The highest BCUT2D eigenvalue weighted by Gasteiger charge is 2.19. The van der Waals surface area contributed by atoms with Crippen molar-refractivity contribution in [2.45, 2.75) is 25.9 Å². The number of benzene rings is 1. The van der Waals surface area contributed by atoms with Crippen molar-refractivity contribution in [1.29, 1.82) is 0 Å². The standard InChI is InChI=1S/C17H22N2O3/c1-11(2)19-9-5-6-13(17(19)20)16(18)14-10-12(21-3)7-8-15(14)22-4/h5-11,16H,18H2,1-4H3. The summed E-state index contributed by atoms with van der Waals surface area (Å²) in [5, 5.41) is 0. The van der Waals surface area contributed by atoms with Gasteiger partial charge in [-0.3, -0.25) is 4.79 Å². The Hall–Kier alpha value is -2.27. The molecule has 1 aromatic carbocycles. The maximum atomic E-state index is 12.6. The van der Waals surface area contributed by atoms with Crippen LogP contribution >= 0.6 is 0 Å². The van der Waals surface area contributed by atoms with Crippen molar-refractivity contribution >= 4 is 0 Å². The lowest BCUT2D eigenvalue weighted by atomic mass is 9.99. The van der Waals surface area contributed by atoms with E-state index in [1.807, 2.05) is 19.9 Å². The number of methoxy groups -OCH3 is 2. The van der Waals surface area contributed by atoms with E-state index in [2.05, 4.69) is 0 Å². The van der Waals surface area contributed by atoms with E-state index in [-0.39, 0.29) is 11.6 Å². The minimum atomic E-state index is -0.580. The van der Waals surface area contributed by atoms with E-state index in [1.54, 1.807) is 49.2 Å². The minimum Gasteiger partial charge on any atom is -0.497 e. The highest BCUT2D eigenvalue weighted by atomic mass is 16.5. The van der Waals surface area contributed by atoms with Gasteiger partial charge in [0.25, 0.3) is 5.56 Å².